The summed E-state index contributed by atoms with van der Waals surface area (Å²) in [5.74, 6) is -0.145. The van der Waals surface area contributed by atoms with E-state index in [1.54, 1.807) is 4.90 Å². The van der Waals surface area contributed by atoms with Crippen LogP contribution in [0, 0.1) is 0 Å². The van der Waals surface area contributed by atoms with Crippen molar-refractivity contribution in [2.24, 2.45) is 0 Å². The maximum absolute atomic E-state index is 14.1. The number of hydrogen-bond acceptors (Lipinski definition) is 7. The first-order valence-electron chi connectivity index (χ1n) is 16.8. The normalized spacial score (nSPS) is 21.4. The predicted octanol–water partition coefficient (Wildman–Crippen LogP) is 4.51. The first-order chi connectivity index (χ1) is 22.7. The number of likely N-dealkylation sites (N-methyl/N-ethyl adjacent to an activating group) is 1. The van der Waals surface area contributed by atoms with E-state index < -0.39 is 12.2 Å². The van der Waals surface area contributed by atoms with Gasteiger partial charge in [0.1, 0.15) is 0 Å². The van der Waals surface area contributed by atoms with Crippen LogP contribution in [0.15, 0.2) is 51.4 Å². The molecular weight excluding hydrogens is 730 g/mol. The Hall–Kier alpha value is -2.71. The minimum Gasteiger partial charge on any atom is -0.436 e. The number of ether oxygens (including phenoxy) is 1. The summed E-state index contributed by atoms with van der Waals surface area (Å²) in [6.45, 7) is 8.54. The fraction of sp³-hybridized carbons (Fsp3) is 0.559. The number of urea groups is 1. The maximum atomic E-state index is 14.1. The number of rotatable bonds is 6. The Labute approximate surface area is 294 Å². The Kier molecular flexibility index (Phi) is 11.4. The average molecular weight is 776 g/mol. The molecule has 0 aromatic heterocycles. The molecule has 1 N–H and O–H groups in total. The van der Waals surface area contributed by atoms with Crippen LogP contribution < -0.4 is 5.32 Å². The Morgan fingerprint density at radius 3 is 2.34 bits per heavy atom. The van der Waals surface area contributed by atoms with Gasteiger partial charge in [-0.25, -0.2) is 19.6 Å². The molecule has 13 heteroatoms. The summed E-state index contributed by atoms with van der Waals surface area (Å²) in [7, 11) is 2.15. The molecule has 3 saturated heterocycles. The van der Waals surface area contributed by atoms with Crippen LogP contribution in [0.1, 0.15) is 30.4 Å². The topological polar surface area (TPSA) is 91.9 Å². The lowest BCUT2D eigenvalue weighted by Crippen LogP contribution is -2.54. The van der Waals surface area contributed by atoms with Crippen molar-refractivity contribution >= 4 is 55.6 Å². The van der Waals surface area contributed by atoms with Gasteiger partial charge in [0.05, 0.1) is 0 Å². The summed E-state index contributed by atoms with van der Waals surface area (Å²) in [5.41, 5.74) is 2.91. The number of carbonyl (C=O) groups is 3. The largest absolute Gasteiger partial charge is 0.436 e. The van der Waals surface area contributed by atoms with Gasteiger partial charge in [-0.3, -0.25) is 4.79 Å². The van der Waals surface area contributed by atoms with Gasteiger partial charge in [-0.15, -0.1) is 0 Å². The number of para-hydroxylation sites is 1. The van der Waals surface area contributed by atoms with Crippen molar-refractivity contribution in [1.82, 2.24) is 29.6 Å². The number of halogens is 2. The lowest BCUT2D eigenvalue weighted by molar-refractivity contribution is -0.141. The average Bonchev–Trinajstić information content (AvgIpc) is 3.43. The number of hydrazine groups is 1. The number of piperazine rings is 1. The SMILES string of the molecule is CN1CCN(N2CCCN(C(=O)[C@@H](Cc3ccc(Br)c(Br)c3)OC(=O)N3CCC(N4CCc5ccccc5NC4=O)CC3)CC2)CC1. The van der Waals surface area contributed by atoms with E-state index >= 15 is 0 Å². The Bertz CT molecular complexity index is 1430. The number of benzene rings is 2. The zero-order valence-corrected chi connectivity index (χ0v) is 30.3. The van der Waals surface area contributed by atoms with Crippen LogP contribution in [-0.4, -0.2) is 139 Å². The molecule has 6 rings (SSSR count). The van der Waals surface area contributed by atoms with E-state index in [-0.39, 0.29) is 18.0 Å². The van der Waals surface area contributed by atoms with Crippen LogP contribution >= 0.6 is 31.9 Å². The lowest BCUT2D eigenvalue weighted by Gasteiger charge is -2.39. The van der Waals surface area contributed by atoms with Crippen LogP contribution in [0.25, 0.3) is 0 Å². The first kappa shape index (κ1) is 34.2. The van der Waals surface area contributed by atoms with Crippen LogP contribution in [-0.2, 0) is 22.4 Å². The van der Waals surface area contributed by atoms with E-state index in [2.05, 4.69) is 65.2 Å². The highest BCUT2D eigenvalue weighted by atomic mass is 79.9. The van der Waals surface area contributed by atoms with Crippen molar-refractivity contribution in [3.8, 4) is 0 Å². The molecule has 1 atom stereocenters. The van der Waals surface area contributed by atoms with Crippen LogP contribution in [0.5, 0.6) is 0 Å². The van der Waals surface area contributed by atoms with E-state index in [9.17, 15) is 14.4 Å². The van der Waals surface area contributed by atoms with Gasteiger partial charge in [0.15, 0.2) is 6.10 Å². The zero-order chi connectivity index (χ0) is 32.9. The molecule has 2 aromatic carbocycles. The van der Waals surface area contributed by atoms with Crippen molar-refractivity contribution in [2.45, 2.75) is 44.2 Å². The monoisotopic (exact) mass is 773 g/mol. The molecule has 0 spiro atoms. The van der Waals surface area contributed by atoms with Gasteiger partial charge in [-0.05, 0) is 93.9 Å². The van der Waals surface area contributed by atoms with Gasteiger partial charge < -0.3 is 29.7 Å². The summed E-state index contributed by atoms with van der Waals surface area (Å²) < 4.78 is 7.89. The summed E-state index contributed by atoms with van der Waals surface area (Å²) in [6, 6.07) is 13.7. The first-order valence-corrected chi connectivity index (χ1v) is 18.4. The van der Waals surface area contributed by atoms with Crippen LogP contribution in [0.4, 0.5) is 15.3 Å². The van der Waals surface area contributed by atoms with Crippen molar-refractivity contribution in [2.75, 3.05) is 84.4 Å². The molecule has 0 bridgehead atoms. The molecule has 11 nitrogen and oxygen atoms in total. The maximum Gasteiger partial charge on any atom is 0.410 e. The fourth-order valence-corrected chi connectivity index (χ4v) is 7.72. The molecule has 0 unspecified atom stereocenters. The third kappa shape index (κ3) is 8.48. The number of likely N-dealkylation sites (tertiary alicyclic amines) is 1. The lowest BCUT2D eigenvalue weighted by atomic mass is 10.0. The third-order valence-electron chi connectivity index (χ3n) is 9.89. The summed E-state index contributed by atoms with van der Waals surface area (Å²) in [6.07, 6.45) is 1.86. The molecule has 4 heterocycles. The molecule has 4 aliphatic rings. The highest BCUT2D eigenvalue weighted by Gasteiger charge is 2.35. The summed E-state index contributed by atoms with van der Waals surface area (Å²) in [4.78, 5) is 48.6. The molecule has 0 saturated carbocycles. The molecule has 254 valence electrons. The van der Waals surface area contributed by atoms with Gasteiger partial charge in [0, 0.05) is 99.1 Å². The van der Waals surface area contributed by atoms with Crippen LogP contribution in [0.3, 0.4) is 0 Å². The number of amides is 4. The molecule has 0 aliphatic carbocycles. The molecule has 47 heavy (non-hydrogen) atoms. The molecule has 2 aromatic rings. The number of carbonyl (C=O) groups excluding carboxylic acids is 3. The van der Waals surface area contributed by atoms with Gasteiger partial charge in [0.2, 0.25) is 0 Å². The molecule has 0 radical (unpaired) electrons. The fourth-order valence-electron chi connectivity index (χ4n) is 7.04. The predicted molar refractivity (Wildman–Crippen MR) is 188 cm³/mol. The summed E-state index contributed by atoms with van der Waals surface area (Å²) >= 11 is 7.10. The Morgan fingerprint density at radius 1 is 0.851 bits per heavy atom. The minimum absolute atomic E-state index is 0.0336. The Balaban J connectivity index is 1.08. The van der Waals surface area contributed by atoms with Crippen LogP contribution in [0.2, 0.25) is 0 Å². The highest BCUT2D eigenvalue weighted by Crippen LogP contribution is 2.27. The number of hydrogen-bond donors (Lipinski definition) is 1. The van der Waals surface area contributed by atoms with Gasteiger partial charge >= 0.3 is 12.1 Å². The second kappa shape index (κ2) is 15.7. The molecule has 3 fully saturated rings. The molecular formula is C34H45Br2N7O4. The van der Waals surface area contributed by atoms with E-state index in [4.69, 9.17) is 4.74 Å². The molecule has 4 aliphatic heterocycles. The summed E-state index contributed by atoms with van der Waals surface area (Å²) in [5, 5.41) is 7.87. The van der Waals surface area contributed by atoms with Gasteiger partial charge in [0.25, 0.3) is 5.91 Å². The number of nitrogens with one attached hydrogen (secondary N) is 1. The van der Waals surface area contributed by atoms with Gasteiger partial charge in [-0.2, -0.15) is 0 Å². The van der Waals surface area contributed by atoms with E-state index in [1.807, 2.05) is 46.2 Å². The van der Waals surface area contributed by atoms with Crippen molar-refractivity contribution < 1.29 is 19.1 Å². The van der Waals surface area contributed by atoms with Gasteiger partial charge in [-0.1, -0.05) is 24.3 Å². The number of nitrogens with zero attached hydrogens (tertiary/aromatic N) is 6. The standard InChI is InChI=1S/C34H45Br2N7O4/c1-38-17-20-42(21-18-38)41-13-4-12-39(19-22-41)32(44)31(24-25-7-8-28(35)29(36)23-25)47-34(46)40-14-10-27(11-15-40)43-16-9-26-5-2-3-6-30(26)37-33(43)45/h2-3,5-8,23,27,31H,4,9-22,24H2,1H3,(H,37,45)/t31-/m1/s1. The Morgan fingerprint density at radius 2 is 1.57 bits per heavy atom. The third-order valence-corrected chi connectivity index (χ3v) is 11.8. The second-order valence-corrected chi connectivity index (χ2v) is 14.7. The number of piperidine rings is 1. The van der Waals surface area contributed by atoms with E-state index in [0.29, 0.717) is 52.0 Å². The zero-order valence-electron chi connectivity index (χ0n) is 27.1. The molecule has 4 amide bonds. The quantitative estimate of drug-likeness (QED) is 0.462. The van der Waals surface area contributed by atoms with Crippen molar-refractivity contribution in [3.05, 3.63) is 62.5 Å². The number of fused-ring (bicyclic) bond motifs is 1. The number of anilines is 1. The smallest absolute Gasteiger partial charge is 0.410 e. The van der Waals surface area contributed by atoms with Crippen molar-refractivity contribution in [3.63, 3.8) is 0 Å². The van der Waals surface area contributed by atoms with E-state index in [1.165, 1.54) is 0 Å². The highest BCUT2D eigenvalue weighted by molar-refractivity contribution is 9.13. The van der Waals surface area contributed by atoms with E-state index in [0.717, 1.165) is 77.9 Å². The minimum atomic E-state index is -0.932. The van der Waals surface area contributed by atoms with Crippen molar-refractivity contribution in [1.29, 1.82) is 0 Å². The second-order valence-electron chi connectivity index (χ2n) is 13.0.